The normalized spacial score (nSPS) is 11.6. The fraction of sp³-hybridized carbons (Fsp3) is 0.286. The molecule has 0 aliphatic carbocycles. The molecule has 1 atom stereocenters. The van der Waals surface area contributed by atoms with E-state index in [9.17, 15) is 9.59 Å². The van der Waals surface area contributed by atoms with Gasteiger partial charge in [0.15, 0.2) is 0 Å². The lowest BCUT2D eigenvalue weighted by molar-refractivity contribution is -0.139. The molecule has 35 heavy (non-hydrogen) atoms. The molecule has 0 heterocycles. The van der Waals surface area contributed by atoms with Gasteiger partial charge in [0.05, 0.1) is 5.75 Å². The molecule has 2 amide bonds. The Labute approximate surface area is 225 Å². The third kappa shape index (κ3) is 8.71. The first-order valence-electron chi connectivity index (χ1n) is 11.6. The first-order valence-corrected chi connectivity index (χ1v) is 14.0. The summed E-state index contributed by atoms with van der Waals surface area (Å²) in [4.78, 5) is 28.6. The number of rotatable bonds is 12. The SMILES string of the molecule is CCCNC(=O)C(Cc1ccccc1)N(Cc1ccc(Br)cc1)C(=O)CSCc1ccccc1Cl. The maximum atomic E-state index is 13.6. The van der Waals surface area contributed by atoms with Crippen molar-refractivity contribution in [3.8, 4) is 0 Å². The molecule has 1 unspecified atom stereocenters. The molecule has 0 radical (unpaired) electrons. The number of benzene rings is 3. The second kappa shape index (κ2) is 14.3. The summed E-state index contributed by atoms with van der Waals surface area (Å²) >= 11 is 11.3. The molecule has 3 rings (SSSR count). The highest BCUT2D eigenvalue weighted by atomic mass is 79.9. The molecular formula is C28H30BrClN2O2S. The van der Waals surface area contributed by atoms with Crippen LogP contribution >= 0.6 is 39.3 Å². The molecular weight excluding hydrogens is 544 g/mol. The summed E-state index contributed by atoms with van der Waals surface area (Å²) in [7, 11) is 0. The van der Waals surface area contributed by atoms with Gasteiger partial charge in [0, 0.05) is 34.8 Å². The van der Waals surface area contributed by atoms with Crippen molar-refractivity contribution in [2.45, 2.75) is 38.1 Å². The number of nitrogens with one attached hydrogen (secondary N) is 1. The van der Waals surface area contributed by atoms with Gasteiger partial charge in [-0.25, -0.2) is 0 Å². The molecule has 0 bridgehead atoms. The van der Waals surface area contributed by atoms with E-state index in [0.29, 0.717) is 30.3 Å². The lowest BCUT2D eigenvalue weighted by Gasteiger charge is -2.31. The number of carbonyl (C=O) groups is 2. The van der Waals surface area contributed by atoms with Crippen molar-refractivity contribution in [2.24, 2.45) is 0 Å². The van der Waals surface area contributed by atoms with Crippen LogP contribution in [-0.2, 0) is 28.3 Å². The lowest BCUT2D eigenvalue weighted by atomic mass is 10.0. The van der Waals surface area contributed by atoms with E-state index in [0.717, 1.165) is 27.6 Å². The summed E-state index contributed by atoms with van der Waals surface area (Å²) < 4.78 is 0.968. The smallest absolute Gasteiger partial charge is 0.243 e. The van der Waals surface area contributed by atoms with Crippen LogP contribution in [0.2, 0.25) is 5.02 Å². The van der Waals surface area contributed by atoms with Crippen LogP contribution in [0.5, 0.6) is 0 Å². The molecule has 3 aromatic carbocycles. The van der Waals surface area contributed by atoms with Crippen molar-refractivity contribution in [1.29, 1.82) is 0 Å². The van der Waals surface area contributed by atoms with E-state index in [1.54, 1.807) is 4.90 Å². The van der Waals surface area contributed by atoms with E-state index in [1.165, 1.54) is 11.8 Å². The van der Waals surface area contributed by atoms with Gasteiger partial charge in [-0.1, -0.05) is 95.1 Å². The van der Waals surface area contributed by atoms with Gasteiger partial charge in [0.2, 0.25) is 11.8 Å². The predicted octanol–water partition coefficient (Wildman–Crippen LogP) is 6.50. The first kappa shape index (κ1) is 27.3. The topological polar surface area (TPSA) is 49.4 Å². The Morgan fingerprint density at radius 2 is 1.66 bits per heavy atom. The monoisotopic (exact) mass is 572 g/mol. The van der Waals surface area contributed by atoms with Gasteiger partial charge in [-0.05, 0) is 41.3 Å². The average molecular weight is 574 g/mol. The van der Waals surface area contributed by atoms with E-state index in [1.807, 2.05) is 85.8 Å². The molecule has 0 fully saturated rings. The molecule has 184 valence electrons. The summed E-state index contributed by atoms with van der Waals surface area (Å²) in [6.45, 7) is 2.95. The van der Waals surface area contributed by atoms with Crippen LogP contribution in [-0.4, -0.2) is 35.1 Å². The van der Waals surface area contributed by atoms with Crippen molar-refractivity contribution in [3.05, 3.63) is 105 Å². The van der Waals surface area contributed by atoms with Gasteiger partial charge in [-0.15, -0.1) is 11.8 Å². The average Bonchev–Trinajstić information content (AvgIpc) is 2.87. The minimum Gasteiger partial charge on any atom is -0.354 e. The minimum atomic E-state index is -0.610. The number of hydrogen-bond acceptors (Lipinski definition) is 3. The summed E-state index contributed by atoms with van der Waals surface area (Å²) in [6, 6.07) is 24.8. The maximum Gasteiger partial charge on any atom is 0.243 e. The number of nitrogens with zero attached hydrogens (tertiary/aromatic N) is 1. The number of hydrogen-bond donors (Lipinski definition) is 1. The molecule has 0 saturated carbocycles. The zero-order valence-electron chi connectivity index (χ0n) is 19.8. The van der Waals surface area contributed by atoms with Crippen molar-refractivity contribution in [3.63, 3.8) is 0 Å². The fourth-order valence-electron chi connectivity index (χ4n) is 3.65. The third-order valence-corrected chi connectivity index (χ3v) is 7.39. The molecule has 4 nitrogen and oxygen atoms in total. The highest BCUT2D eigenvalue weighted by Crippen LogP contribution is 2.23. The quantitative estimate of drug-likeness (QED) is 0.269. The zero-order valence-corrected chi connectivity index (χ0v) is 22.9. The summed E-state index contributed by atoms with van der Waals surface area (Å²) in [5.41, 5.74) is 2.98. The summed E-state index contributed by atoms with van der Waals surface area (Å²) in [6.07, 6.45) is 1.28. The second-order valence-corrected chi connectivity index (χ2v) is 10.5. The van der Waals surface area contributed by atoms with E-state index in [-0.39, 0.29) is 17.6 Å². The number of carbonyl (C=O) groups excluding carboxylic acids is 2. The van der Waals surface area contributed by atoms with Crippen molar-refractivity contribution in [1.82, 2.24) is 10.2 Å². The Morgan fingerprint density at radius 1 is 0.971 bits per heavy atom. The zero-order chi connectivity index (χ0) is 25.0. The largest absolute Gasteiger partial charge is 0.354 e. The summed E-state index contributed by atoms with van der Waals surface area (Å²) in [5, 5.41) is 3.70. The van der Waals surface area contributed by atoms with Gasteiger partial charge < -0.3 is 10.2 Å². The van der Waals surface area contributed by atoms with Gasteiger partial charge in [-0.3, -0.25) is 9.59 Å². The highest BCUT2D eigenvalue weighted by Gasteiger charge is 2.30. The van der Waals surface area contributed by atoms with Crippen molar-refractivity contribution < 1.29 is 9.59 Å². The third-order valence-electron chi connectivity index (χ3n) is 5.53. The molecule has 0 aromatic heterocycles. The van der Waals surface area contributed by atoms with E-state index < -0.39 is 6.04 Å². The number of thioether (sulfide) groups is 1. The molecule has 0 saturated heterocycles. The van der Waals surface area contributed by atoms with Crippen LogP contribution < -0.4 is 5.32 Å². The Kier molecular flexibility index (Phi) is 11.2. The molecule has 0 aliphatic rings. The molecule has 0 aliphatic heterocycles. The number of halogens is 2. The number of amides is 2. The second-order valence-electron chi connectivity index (χ2n) is 8.23. The lowest BCUT2D eigenvalue weighted by Crippen LogP contribution is -2.51. The highest BCUT2D eigenvalue weighted by molar-refractivity contribution is 9.10. The predicted molar refractivity (Wildman–Crippen MR) is 150 cm³/mol. The van der Waals surface area contributed by atoms with Gasteiger partial charge >= 0.3 is 0 Å². The standard InChI is InChI=1S/C28H30BrClN2O2S/c1-2-16-31-28(34)26(17-21-8-4-3-5-9-21)32(18-22-12-14-24(29)15-13-22)27(33)20-35-19-23-10-6-7-11-25(23)30/h3-15,26H,2,16-20H2,1H3,(H,31,34). The molecule has 1 N–H and O–H groups in total. The Morgan fingerprint density at radius 3 is 2.34 bits per heavy atom. The van der Waals surface area contributed by atoms with Gasteiger partial charge in [-0.2, -0.15) is 0 Å². The molecule has 0 spiro atoms. The van der Waals surface area contributed by atoms with E-state index >= 15 is 0 Å². The van der Waals surface area contributed by atoms with Crippen molar-refractivity contribution in [2.75, 3.05) is 12.3 Å². The molecule has 7 heteroatoms. The van der Waals surface area contributed by atoms with E-state index in [4.69, 9.17) is 11.6 Å². The molecule has 3 aromatic rings. The Bertz CT molecular complexity index is 1100. The van der Waals surface area contributed by atoms with Crippen LogP contribution in [0.25, 0.3) is 0 Å². The van der Waals surface area contributed by atoms with Crippen LogP contribution in [0.4, 0.5) is 0 Å². The van der Waals surface area contributed by atoms with Gasteiger partial charge in [0.1, 0.15) is 6.04 Å². The van der Waals surface area contributed by atoms with Crippen LogP contribution in [0.3, 0.4) is 0 Å². The van der Waals surface area contributed by atoms with Crippen LogP contribution in [0.15, 0.2) is 83.3 Å². The fourth-order valence-corrected chi connectivity index (χ4v) is 5.11. The minimum absolute atomic E-state index is 0.0717. The van der Waals surface area contributed by atoms with Crippen LogP contribution in [0, 0.1) is 0 Å². The van der Waals surface area contributed by atoms with Crippen LogP contribution in [0.1, 0.15) is 30.0 Å². The van der Waals surface area contributed by atoms with Crippen molar-refractivity contribution >= 4 is 51.1 Å². The first-order chi connectivity index (χ1) is 17.0. The Hall–Kier alpha value is -2.28. The Balaban J connectivity index is 1.83. The van der Waals surface area contributed by atoms with E-state index in [2.05, 4.69) is 21.2 Å². The maximum absolute atomic E-state index is 13.6. The van der Waals surface area contributed by atoms with Gasteiger partial charge in [0.25, 0.3) is 0 Å². The summed E-state index contributed by atoms with van der Waals surface area (Å²) in [5.74, 6) is 0.687.